The predicted molar refractivity (Wildman–Crippen MR) is 88.5 cm³/mol. The largest absolute Gasteiger partial charge is 0.374 e. The van der Waals surface area contributed by atoms with Crippen molar-refractivity contribution >= 4 is 0 Å². The molecule has 0 heterocycles. The van der Waals surface area contributed by atoms with Gasteiger partial charge in [-0.1, -0.05) is 32.6 Å². The minimum atomic E-state index is 0.144. The van der Waals surface area contributed by atoms with E-state index in [2.05, 4.69) is 19.2 Å². The first-order valence-corrected chi connectivity index (χ1v) is 9.64. The summed E-state index contributed by atoms with van der Waals surface area (Å²) in [4.78, 5) is 0. The van der Waals surface area contributed by atoms with E-state index >= 15 is 0 Å². The van der Waals surface area contributed by atoms with Crippen LogP contribution in [0.3, 0.4) is 0 Å². The second-order valence-electron chi connectivity index (χ2n) is 7.84. The van der Waals surface area contributed by atoms with Gasteiger partial charge >= 0.3 is 0 Å². The van der Waals surface area contributed by atoms with Gasteiger partial charge in [0.15, 0.2) is 0 Å². The summed E-state index contributed by atoms with van der Waals surface area (Å²) in [5.41, 5.74) is 0.144. The highest BCUT2D eigenvalue weighted by Crippen LogP contribution is 2.51. The molecule has 0 spiro atoms. The third-order valence-corrected chi connectivity index (χ3v) is 6.64. The quantitative estimate of drug-likeness (QED) is 0.744. The van der Waals surface area contributed by atoms with Crippen molar-refractivity contribution in [3.05, 3.63) is 0 Å². The summed E-state index contributed by atoms with van der Waals surface area (Å²) >= 11 is 0. The number of hydrogen-bond donors (Lipinski definition) is 1. The maximum atomic E-state index is 6.41. The topological polar surface area (TPSA) is 21.3 Å². The second-order valence-corrected chi connectivity index (χ2v) is 7.84. The molecule has 0 aromatic rings. The van der Waals surface area contributed by atoms with Gasteiger partial charge in [-0.25, -0.2) is 0 Å². The van der Waals surface area contributed by atoms with Crippen LogP contribution in [-0.2, 0) is 4.74 Å². The molecule has 2 bridgehead atoms. The molecule has 0 saturated heterocycles. The van der Waals surface area contributed by atoms with E-state index in [1.54, 1.807) is 0 Å². The van der Waals surface area contributed by atoms with Crippen LogP contribution in [-0.4, -0.2) is 24.8 Å². The van der Waals surface area contributed by atoms with Gasteiger partial charge in [-0.15, -0.1) is 0 Å². The van der Waals surface area contributed by atoms with Gasteiger partial charge in [0.05, 0.1) is 5.60 Å². The monoisotopic (exact) mass is 293 g/mol. The lowest BCUT2D eigenvalue weighted by molar-refractivity contribution is -0.0951. The maximum Gasteiger partial charge on any atom is 0.0834 e. The Labute approximate surface area is 131 Å². The Morgan fingerprint density at radius 2 is 1.90 bits per heavy atom. The fraction of sp³-hybridized carbons (Fsp3) is 1.00. The summed E-state index contributed by atoms with van der Waals surface area (Å²) in [6.45, 7) is 6.39. The van der Waals surface area contributed by atoms with Crippen molar-refractivity contribution in [1.82, 2.24) is 5.32 Å². The third-order valence-electron chi connectivity index (χ3n) is 6.64. The number of nitrogens with one attached hydrogen (secondary N) is 1. The van der Waals surface area contributed by atoms with E-state index in [-0.39, 0.29) is 5.60 Å². The average Bonchev–Trinajstić information content (AvgIpc) is 3.11. The molecular formula is C19H35NO. The SMILES string of the molecule is CCNC(CC1CC2CCC1C2)C1(OCC)CCCCC1. The van der Waals surface area contributed by atoms with E-state index in [0.717, 1.165) is 30.9 Å². The van der Waals surface area contributed by atoms with Gasteiger partial charge in [0.1, 0.15) is 0 Å². The Morgan fingerprint density at radius 1 is 1.10 bits per heavy atom. The number of fused-ring (bicyclic) bond motifs is 2. The Bertz CT molecular complexity index is 318. The van der Waals surface area contributed by atoms with E-state index in [1.165, 1.54) is 64.2 Å². The molecule has 0 aromatic carbocycles. The molecule has 2 heteroatoms. The van der Waals surface area contributed by atoms with Gasteiger partial charge in [0.2, 0.25) is 0 Å². The molecule has 3 aliphatic rings. The predicted octanol–water partition coefficient (Wildman–Crippen LogP) is 4.53. The summed E-state index contributed by atoms with van der Waals surface area (Å²) < 4.78 is 6.41. The van der Waals surface area contributed by atoms with Crippen LogP contribution in [0.5, 0.6) is 0 Å². The highest BCUT2D eigenvalue weighted by atomic mass is 16.5. The maximum absolute atomic E-state index is 6.41. The van der Waals surface area contributed by atoms with E-state index < -0.39 is 0 Å². The van der Waals surface area contributed by atoms with Gasteiger partial charge < -0.3 is 10.1 Å². The van der Waals surface area contributed by atoms with Crippen molar-refractivity contribution in [2.24, 2.45) is 17.8 Å². The minimum Gasteiger partial charge on any atom is -0.374 e. The van der Waals surface area contributed by atoms with E-state index in [0.29, 0.717) is 6.04 Å². The first-order valence-electron chi connectivity index (χ1n) is 9.64. The molecule has 0 aromatic heterocycles. The molecule has 2 nitrogen and oxygen atoms in total. The normalized spacial score (nSPS) is 36.0. The molecule has 122 valence electrons. The lowest BCUT2D eigenvalue weighted by Gasteiger charge is -2.45. The van der Waals surface area contributed by atoms with Crippen molar-refractivity contribution in [2.75, 3.05) is 13.2 Å². The van der Waals surface area contributed by atoms with Crippen molar-refractivity contribution in [3.8, 4) is 0 Å². The summed E-state index contributed by atoms with van der Waals surface area (Å²) in [5, 5.41) is 3.84. The first-order chi connectivity index (χ1) is 10.3. The van der Waals surface area contributed by atoms with Crippen LogP contribution in [0.1, 0.15) is 78.1 Å². The summed E-state index contributed by atoms with van der Waals surface area (Å²) in [5.74, 6) is 3.09. The molecular weight excluding hydrogens is 258 g/mol. The van der Waals surface area contributed by atoms with Gasteiger partial charge in [0, 0.05) is 12.6 Å². The lowest BCUT2D eigenvalue weighted by atomic mass is 9.73. The molecule has 0 amide bonds. The van der Waals surface area contributed by atoms with E-state index in [1.807, 2.05) is 0 Å². The summed E-state index contributed by atoms with van der Waals surface area (Å²) in [6, 6.07) is 0.590. The van der Waals surface area contributed by atoms with Crippen LogP contribution in [0.4, 0.5) is 0 Å². The molecule has 4 unspecified atom stereocenters. The zero-order chi connectivity index (χ0) is 14.7. The van der Waals surface area contributed by atoms with E-state index in [9.17, 15) is 0 Å². The number of hydrogen-bond acceptors (Lipinski definition) is 2. The van der Waals surface area contributed by atoms with Crippen molar-refractivity contribution in [2.45, 2.75) is 89.7 Å². The third kappa shape index (κ3) is 3.32. The molecule has 1 N–H and O–H groups in total. The Hall–Kier alpha value is -0.0800. The van der Waals surface area contributed by atoms with Crippen LogP contribution in [0.25, 0.3) is 0 Å². The van der Waals surface area contributed by atoms with Gasteiger partial charge in [-0.3, -0.25) is 0 Å². The number of ether oxygens (including phenoxy) is 1. The van der Waals surface area contributed by atoms with Crippen molar-refractivity contribution in [1.29, 1.82) is 0 Å². The molecule has 0 radical (unpaired) electrons. The molecule has 3 rings (SSSR count). The zero-order valence-electron chi connectivity index (χ0n) is 14.2. The fourth-order valence-corrected chi connectivity index (χ4v) is 5.73. The molecule has 3 fully saturated rings. The zero-order valence-corrected chi connectivity index (χ0v) is 14.2. The molecule has 3 aliphatic carbocycles. The second kappa shape index (κ2) is 7.00. The molecule has 21 heavy (non-hydrogen) atoms. The Morgan fingerprint density at radius 3 is 2.48 bits per heavy atom. The van der Waals surface area contributed by atoms with Gasteiger partial charge in [-0.2, -0.15) is 0 Å². The highest BCUT2D eigenvalue weighted by molar-refractivity contribution is 4.99. The van der Waals surface area contributed by atoms with Crippen LogP contribution < -0.4 is 5.32 Å². The smallest absolute Gasteiger partial charge is 0.0834 e. The van der Waals surface area contributed by atoms with Crippen LogP contribution in [0.2, 0.25) is 0 Å². The summed E-state index contributed by atoms with van der Waals surface area (Å²) in [6.07, 6.45) is 14.1. The van der Waals surface area contributed by atoms with Crippen LogP contribution in [0.15, 0.2) is 0 Å². The highest BCUT2D eigenvalue weighted by Gasteiger charge is 2.45. The minimum absolute atomic E-state index is 0.144. The Balaban J connectivity index is 1.69. The fourth-order valence-electron chi connectivity index (χ4n) is 5.73. The van der Waals surface area contributed by atoms with Crippen molar-refractivity contribution < 1.29 is 4.74 Å². The average molecular weight is 293 g/mol. The summed E-state index contributed by atoms with van der Waals surface area (Å²) in [7, 11) is 0. The number of rotatable bonds is 7. The van der Waals surface area contributed by atoms with Gasteiger partial charge in [0.25, 0.3) is 0 Å². The van der Waals surface area contributed by atoms with Gasteiger partial charge in [-0.05, 0) is 69.7 Å². The first kappa shape index (κ1) is 15.8. The molecule has 0 aliphatic heterocycles. The molecule has 4 atom stereocenters. The number of likely N-dealkylation sites (N-methyl/N-ethyl adjacent to an activating group) is 1. The lowest BCUT2D eigenvalue weighted by Crippen LogP contribution is -2.54. The van der Waals surface area contributed by atoms with Crippen LogP contribution >= 0.6 is 0 Å². The Kier molecular flexibility index (Phi) is 5.27. The standard InChI is InChI=1S/C19H35NO/c1-3-20-18(14-17-13-15-8-9-16(17)12-15)19(21-4-2)10-6-5-7-11-19/h15-18,20H,3-14H2,1-2H3. The van der Waals surface area contributed by atoms with Crippen LogP contribution in [0, 0.1) is 17.8 Å². The van der Waals surface area contributed by atoms with E-state index in [4.69, 9.17) is 4.74 Å². The molecule has 3 saturated carbocycles. The van der Waals surface area contributed by atoms with Crippen molar-refractivity contribution in [3.63, 3.8) is 0 Å².